The number of aryl methyl sites for hydroxylation is 1. The van der Waals surface area contributed by atoms with Crippen LogP contribution in [0.5, 0.6) is 0 Å². The number of hydrogen-bond donors (Lipinski definition) is 1. The van der Waals surface area contributed by atoms with Gasteiger partial charge in [-0.05, 0) is 30.2 Å². The predicted molar refractivity (Wildman–Crippen MR) is 114 cm³/mol. The molecule has 2 aromatic heterocycles. The first-order valence-electron chi connectivity index (χ1n) is 9.46. The molecule has 0 radical (unpaired) electrons. The van der Waals surface area contributed by atoms with E-state index < -0.39 is 17.7 Å². The van der Waals surface area contributed by atoms with Crippen LogP contribution in [-0.4, -0.2) is 42.8 Å². The number of halogens is 1. The zero-order valence-electron chi connectivity index (χ0n) is 16.0. The number of rotatable bonds is 6. The minimum Gasteiger partial charge on any atom is -0.507 e. The summed E-state index contributed by atoms with van der Waals surface area (Å²) in [7, 11) is 0. The maximum absolute atomic E-state index is 12.9. The number of aromatic nitrogens is 3. The maximum atomic E-state index is 12.9. The van der Waals surface area contributed by atoms with Crippen molar-refractivity contribution < 1.29 is 14.7 Å². The lowest BCUT2D eigenvalue weighted by atomic mass is 9.96. The van der Waals surface area contributed by atoms with Crippen molar-refractivity contribution in [1.29, 1.82) is 0 Å². The maximum Gasteiger partial charge on any atom is 0.295 e. The molecule has 0 unspecified atom stereocenters. The molecule has 30 heavy (non-hydrogen) atoms. The number of likely N-dealkylation sites (tertiary alicyclic amines) is 1. The molecule has 152 valence electrons. The second kappa shape index (κ2) is 8.62. The van der Waals surface area contributed by atoms with Gasteiger partial charge in [-0.25, -0.2) is 4.98 Å². The monoisotopic (exact) mass is 466 g/mol. The average molecular weight is 467 g/mol. The normalized spacial score (nSPS) is 18.2. The highest BCUT2D eigenvalue weighted by molar-refractivity contribution is 9.10. The molecule has 0 saturated carbocycles. The molecular weight excluding hydrogens is 448 g/mol. The summed E-state index contributed by atoms with van der Waals surface area (Å²) in [6, 6.07) is 9.82. The SMILES string of the molecule is O=C1C(=O)N(CCCn2ccnc2)[C@@H](c2cccnc2)C1=C(O)c1ccc(Br)cc1. The van der Waals surface area contributed by atoms with Crippen molar-refractivity contribution in [2.75, 3.05) is 6.54 Å². The van der Waals surface area contributed by atoms with E-state index in [-0.39, 0.29) is 11.3 Å². The number of carbonyl (C=O) groups excluding carboxylic acids is 2. The molecule has 0 spiro atoms. The van der Waals surface area contributed by atoms with Gasteiger partial charge >= 0.3 is 0 Å². The largest absolute Gasteiger partial charge is 0.507 e. The topological polar surface area (TPSA) is 88.3 Å². The fourth-order valence-corrected chi connectivity index (χ4v) is 3.87. The first-order valence-corrected chi connectivity index (χ1v) is 10.3. The van der Waals surface area contributed by atoms with Crippen LogP contribution in [0, 0.1) is 0 Å². The van der Waals surface area contributed by atoms with Crippen LogP contribution in [0.15, 0.2) is 77.6 Å². The molecule has 4 rings (SSSR count). The van der Waals surface area contributed by atoms with Crippen molar-refractivity contribution >= 4 is 33.4 Å². The molecule has 1 aromatic carbocycles. The Morgan fingerprint density at radius 3 is 2.53 bits per heavy atom. The second-order valence-corrected chi connectivity index (χ2v) is 7.86. The van der Waals surface area contributed by atoms with Gasteiger partial charge < -0.3 is 14.6 Å². The summed E-state index contributed by atoms with van der Waals surface area (Å²) in [5, 5.41) is 11.0. The molecule has 1 fully saturated rings. The zero-order chi connectivity index (χ0) is 21.1. The van der Waals surface area contributed by atoms with E-state index in [9.17, 15) is 14.7 Å². The molecular formula is C22H19BrN4O3. The van der Waals surface area contributed by atoms with Gasteiger partial charge in [0, 0.05) is 47.9 Å². The summed E-state index contributed by atoms with van der Waals surface area (Å²) in [5.74, 6) is -1.49. The van der Waals surface area contributed by atoms with Gasteiger partial charge in [0.1, 0.15) is 5.76 Å². The molecule has 8 heteroatoms. The molecule has 3 aromatic rings. The molecule has 0 aliphatic carbocycles. The molecule has 1 aliphatic rings. The summed E-state index contributed by atoms with van der Waals surface area (Å²) in [6.07, 6.45) is 9.14. The second-order valence-electron chi connectivity index (χ2n) is 6.94. The first-order chi connectivity index (χ1) is 14.6. The third kappa shape index (κ3) is 3.91. The number of imidazole rings is 1. The molecule has 7 nitrogen and oxygen atoms in total. The van der Waals surface area contributed by atoms with E-state index in [0.29, 0.717) is 30.6 Å². The van der Waals surface area contributed by atoms with Gasteiger partial charge in [0.15, 0.2) is 0 Å². The van der Waals surface area contributed by atoms with Crippen molar-refractivity contribution in [3.8, 4) is 0 Å². The molecule has 1 saturated heterocycles. The van der Waals surface area contributed by atoms with Crippen LogP contribution in [0.25, 0.3) is 5.76 Å². The lowest BCUT2D eigenvalue weighted by Gasteiger charge is -2.25. The van der Waals surface area contributed by atoms with Crippen LogP contribution >= 0.6 is 15.9 Å². The Kier molecular flexibility index (Phi) is 5.76. The Balaban J connectivity index is 1.71. The number of nitrogens with zero attached hydrogens (tertiary/aromatic N) is 4. The third-order valence-electron chi connectivity index (χ3n) is 5.03. The quantitative estimate of drug-likeness (QED) is 0.340. The standard InChI is InChI=1S/C22H19BrN4O3/c23-17-6-4-15(5-7-17)20(28)18-19(16-3-1-8-24-13-16)27(22(30)21(18)29)11-2-10-26-12-9-25-14-26/h1,3-9,12-14,19,28H,2,10-11H2/t19-/m0/s1. The van der Waals surface area contributed by atoms with E-state index in [1.165, 1.54) is 4.90 Å². The number of Topliss-reactive ketones (excluding diaryl/α,β-unsaturated/α-hetero) is 1. The van der Waals surface area contributed by atoms with Crippen LogP contribution < -0.4 is 0 Å². The Bertz CT molecular complexity index is 1080. The number of amides is 1. The van der Waals surface area contributed by atoms with E-state index in [4.69, 9.17) is 0 Å². The Hall–Kier alpha value is -3.26. The summed E-state index contributed by atoms with van der Waals surface area (Å²) in [5.41, 5.74) is 1.24. The smallest absolute Gasteiger partial charge is 0.295 e. The van der Waals surface area contributed by atoms with Crippen LogP contribution in [0.3, 0.4) is 0 Å². The van der Waals surface area contributed by atoms with Crippen molar-refractivity contribution in [2.45, 2.75) is 19.0 Å². The van der Waals surface area contributed by atoms with E-state index >= 15 is 0 Å². The average Bonchev–Trinajstić information content (AvgIpc) is 3.37. The molecule has 3 heterocycles. The third-order valence-corrected chi connectivity index (χ3v) is 5.56. The zero-order valence-corrected chi connectivity index (χ0v) is 17.6. The fourth-order valence-electron chi connectivity index (χ4n) is 3.60. The van der Waals surface area contributed by atoms with E-state index in [1.807, 2.05) is 10.8 Å². The number of ketones is 1. The molecule has 1 N–H and O–H groups in total. The van der Waals surface area contributed by atoms with Gasteiger partial charge in [0.2, 0.25) is 0 Å². The van der Waals surface area contributed by atoms with E-state index in [0.717, 1.165) is 4.47 Å². The number of carbonyl (C=O) groups is 2. The van der Waals surface area contributed by atoms with Gasteiger partial charge in [0.05, 0.1) is 17.9 Å². The fraction of sp³-hybridized carbons (Fsp3) is 0.182. The van der Waals surface area contributed by atoms with Crippen molar-refractivity contribution in [3.63, 3.8) is 0 Å². The van der Waals surface area contributed by atoms with Gasteiger partial charge in [-0.15, -0.1) is 0 Å². The minimum atomic E-state index is -0.690. The summed E-state index contributed by atoms with van der Waals surface area (Å²) >= 11 is 3.36. The highest BCUT2D eigenvalue weighted by atomic mass is 79.9. The molecule has 0 bridgehead atoms. The van der Waals surface area contributed by atoms with E-state index in [2.05, 4.69) is 25.9 Å². The highest BCUT2D eigenvalue weighted by Crippen LogP contribution is 2.39. The van der Waals surface area contributed by atoms with Gasteiger partial charge in [0.25, 0.3) is 11.7 Å². The highest BCUT2D eigenvalue weighted by Gasteiger charge is 2.45. The summed E-state index contributed by atoms with van der Waals surface area (Å²) in [4.78, 5) is 35.5. The van der Waals surface area contributed by atoms with Gasteiger partial charge in [-0.2, -0.15) is 0 Å². The number of aliphatic hydroxyl groups excluding tert-OH is 1. The van der Waals surface area contributed by atoms with Crippen LogP contribution in [0.2, 0.25) is 0 Å². The van der Waals surface area contributed by atoms with Crippen molar-refractivity contribution in [1.82, 2.24) is 19.4 Å². The Labute approximate surface area is 181 Å². The Morgan fingerprint density at radius 2 is 1.87 bits per heavy atom. The van der Waals surface area contributed by atoms with Crippen LogP contribution in [0.4, 0.5) is 0 Å². The lowest BCUT2D eigenvalue weighted by molar-refractivity contribution is -0.139. The predicted octanol–water partition coefficient (Wildman–Crippen LogP) is 3.55. The number of pyridine rings is 1. The number of benzene rings is 1. The van der Waals surface area contributed by atoms with Crippen LogP contribution in [-0.2, 0) is 16.1 Å². The first kappa shape index (κ1) is 20.0. The number of hydrogen-bond acceptors (Lipinski definition) is 5. The molecule has 1 atom stereocenters. The number of aliphatic hydroxyl groups is 1. The molecule has 1 amide bonds. The Morgan fingerprint density at radius 1 is 1.07 bits per heavy atom. The molecule has 1 aliphatic heterocycles. The van der Waals surface area contributed by atoms with Crippen molar-refractivity contribution in [2.24, 2.45) is 0 Å². The minimum absolute atomic E-state index is 0.0814. The van der Waals surface area contributed by atoms with Crippen molar-refractivity contribution in [3.05, 3.63) is 88.7 Å². The summed E-state index contributed by atoms with van der Waals surface area (Å²) in [6.45, 7) is 1.02. The van der Waals surface area contributed by atoms with Gasteiger partial charge in [-0.3, -0.25) is 14.6 Å². The van der Waals surface area contributed by atoms with Gasteiger partial charge in [-0.1, -0.05) is 34.1 Å². The lowest BCUT2D eigenvalue weighted by Crippen LogP contribution is -2.31. The van der Waals surface area contributed by atoms with Crippen LogP contribution in [0.1, 0.15) is 23.6 Å². The van der Waals surface area contributed by atoms with E-state index in [1.54, 1.807) is 61.3 Å². The summed E-state index contributed by atoms with van der Waals surface area (Å²) < 4.78 is 2.76.